The summed E-state index contributed by atoms with van der Waals surface area (Å²) in [5, 5.41) is 2.90. The van der Waals surface area contributed by atoms with E-state index in [1.807, 2.05) is 0 Å². The van der Waals surface area contributed by atoms with Gasteiger partial charge in [0.1, 0.15) is 0 Å². The van der Waals surface area contributed by atoms with Crippen LogP contribution in [0, 0.1) is 13.8 Å². The maximum atomic E-state index is 12.3. The van der Waals surface area contributed by atoms with Gasteiger partial charge in [0.05, 0.1) is 11.9 Å². The molecular weight excluding hydrogens is 368 g/mol. The van der Waals surface area contributed by atoms with Gasteiger partial charge in [-0.1, -0.05) is 17.7 Å². The van der Waals surface area contributed by atoms with Crippen LogP contribution in [0.4, 0.5) is 5.69 Å². The van der Waals surface area contributed by atoms with Crippen molar-refractivity contribution in [1.29, 1.82) is 0 Å². The summed E-state index contributed by atoms with van der Waals surface area (Å²) in [5.74, 6) is 0.619. The molecule has 0 unspecified atom stereocenters. The highest BCUT2D eigenvalue weighted by molar-refractivity contribution is 7.99. The van der Waals surface area contributed by atoms with Gasteiger partial charge in [-0.3, -0.25) is 9.10 Å². The average Bonchev–Trinajstić information content (AvgIpc) is 2.58. The first-order valence-electron chi connectivity index (χ1n) is 8.20. The molecule has 0 aliphatic carbocycles. The van der Waals surface area contributed by atoms with Crippen LogP contribution in [0.2, 0.25) is 0 Å². The number of hydrogen-bond donors (Lipinski definition) is 1. The van der Waals surface area contributed by atoms with Crippen molar-refractivity contribution >= 4 is 33.4 Å². The van der Waals surface area contributed by atoms with Gasteiger partial charge in [0.15, 0.2) is 0 Å². The van der Waals surface area contributed by atoms with Crippen molar-refractivity contribution in [3.63, 3.8) is 0 Å². The smallest absolute Gasteiger partial charge is 0.251 e. The second kappa shape index (κ2) is 8.60. The van der Waals surface area contributed by atoms with E-state index in [9.17, 15) is 13.2 Å². The molecule has 2 rings (SSSR count). The van der Waals surface area contributed by atoms with Gasteiger partial charge in [0.2, 0.25) is 10.0 Å². The van der Waals surface area contributed by atoms with Crippen molar-refractivity contribution in [1.82, 2.24) is 5.32 Å². The number of rotatable bonds is 7. The number of carbonyl (C=O) groups excluding carboxylic acids is 1. The number of carbonyl (C=O) groups is 1. The van der Waals surface area contributed by atoms with Gasteiger partial charge in [-0.25, -0.2) is 8.42 Å². The molecule has 0 atom stereocenters. The van der Waals surface area contributed by atoms with Crippen molar-refractivity contribution in [2.75, 3.05) is 29.9 Å². The fourth-order valence-corrected chi connectivity index (χ4v) is 3.73. The molecule has 2 aromatic carbocycles. The number of nitrogens with zero attached hydrogens (tertiary/aromatic N) is 1. The fourth-order valence-electron chi connectivity index (χ4n) is 2.40. The first-order chi connectivity index (χ1) is 12.2. The third-order valence-electron chi connectivity index (χ3n) is 3.97. The first kappa shape index (κ1) is 20.3. The lowest BCUT2D eigenvalue weighted by molar-refractivity contribution is 0.0956. The summed E-state index contributed by atoms with van der Waals surface area (Å²) in [6.45, 7) is 4.40. The van der Waals surface area contributed by atoms with Gasteiger partial charge in [0, 0.05) is 29.8 Å². The van der Waals surface area contributed by atoms with E-state index in [1.165, 1.54) is 21.8 Å². The first-order valence-corrected chi connectivity index (χ1v) is 11.0. The molecule has 26 heavy (non-hydrogen) atoms. The molecule has 0 aliphatic heterocycles. The highest BCUT2D eigenvalue weighted by atomic mass is 32.2. The van der Waals surface area contributed by atoms with Crippen LogP contribution >= 0.6 is 11.8 Å². The summed E-state index contributed by atoms with van der Waals surface area (Å²) in [5.41, 5.74) is 3.05. The molecule has 2 aromatic rings. The van der Waals surface area contributed by atoms with Crippen molar-refractivity contribution in [2.24, 2.45) is 0 Å². The highest BCUT2D eigenvalue weighted by Crippen LogP contribution is 2.22. The molecule has 0 saturated carbocycles. The second-order valence-corrected chi connectivity index (χ2v) is 9.33. The van der Waals surface area contributed by atoms with Crippen LogP contribution in [0.1, 0.15) is 21.5 Å². The average molecular weight is 393 g/mol. The molecule has 0 aliphatic rings. The van der Waals surface area contributed by atoms with E-state index >= 15 is 0 Å². The van der Waals surface area contributed by atoms with E-state index in [-0.39, 0.29) is 5.91 Å². The Morgan fingerprint density at radius 2 is 1.77 bits per heavy atom. The molecule has 0 aromatic heterocycles. The Balaban J connectivity index is 1.91. The van der Waals surface area contributed by atoms with Gasteiger partial charge < -0.3 is 5.32 Å². The van der Waals surface area contributed by atoms with E-state index in [0.29, 0.717) is 17.8 Å². The monoisotopic (exact) mass is 392 g/mol. The van der Waals surface area contributed by atoms with E-state index in [1.54, 1.807) is 36.9 Å². The zero-order valence-electron chi connectivity index (χ0n) is 15.4. The standard InChI is InChI=1S/C19H24N2O3S2/c1-14-5-8-17(9-6-14)25-12-11-20-19(22)16-7-10-18(15(2)13-16)21(3)26(4,23)24/h5-10,13H,11-12H2,1-4H3,(H,20,22). The Kier molecular flexibility index (Phi) is 6.72. The number of benzene rings is 2. The third kappa shape index (κ3) is 5.51. The molecular formula is C19H24N2O3S2. The maximum Gasteiger partial charge on any atom is 0.251 e. The zero-order chi connectivity index (χ0) is 19.3. The summed E-state index contributed by atoms with van der Waals surface area (Å²) in [7, 11) is -1.83. The van der Waals surface area contributed by atoms with Gasteiger partial charge in [-0.15, -0.1) is 11.8 Å². The van der Waals surface area contributed by atoms with Gasteiger partial charge in [-0.05, 0) is 49.7 Å². The van der Waals surface area contributed by atoms with Crippen LogP contribution in [0.3, 0.4) is 0 Å². The lowest BCUT2D eigenvalue weighted by Gasteiger charge is -2.19. The van der Waals surface area contributed by atoms with Gasteiger partial charge in [-0.2, -0.15) is 0 Å². The molecule has 1 N–H and O–H groups in total. The summed E-state index contributed by atoms with van der Waals surface area (Å²) in [6.07, 6.45) is 1.15. The van der Waals surface area contributed by atoms with E-state index < -0.39 is 10.0 Å². The summed E-state index contributed by atoms with van der Waals surface area (Å²) in [4.78, 5) is 13.5. The topological polar surface area (TPSA) is 66.5 Å². The van der Waals surface area contributed by atoms with Crippen LogP contribution in [-0.2, 0) is 10.0 Å². The number of amides is 1. The number of aryl methyl sites for hydroxylation is 2. The van der Waals surface area contributed by atoms with Crippen LogP contribution in [0.5, 0.6) is 0 Å². The Labute approximate surface area is 159 Å². The molecule has 0 bridgehead atoms. The Morgan fingerprint density at radius 1 is 1.12 bits per heavy atom. The third-order valence-corrected chi connectivity index (χ3v) is 6.18. The highest BCUT2D eigenvalue weighted by Gasteiger charge is 2.15. The van der Waals surface area contributed by atoms with Crippen molar-refractivity contribution in [3.05, 3.63) is 59.2 Å². The van der Waals surface area contributed by atoms with Crippen LogP contribution in [-0.4, -0.2) is 39.9 Å². The molecule has 0 spiro atoms. The summed E-state index contributed by atoms with van der Waals surface area (Å²) >= 11 is 1.69. The zero-order valence-corrected chi connectivity index (χ0v) is 17.1. The van der Waals surface area contributed by atoms with Gasteiger partial charge in [0.25, 0.3) is 5.91 Å². The van der Waals surface area contributed by atoms with E-state index in [0.717, 1.165) is 17.6 Å². The minimum atomic E-state index is -3.33. The predicted octanol–water partition coefficient (Wildman–Crippen LogP) is 3.22. The molecule has 7 heteroatoms. The second-order valence-electron chi connectivity index (χ2n) is 6.15. The molecule has 0 fully saturated rings. The normalized spacial score (nSPS) is 11.2. The van der Waals surface area contributed by atoms with Crippen LogP contribution < -0.4 is 9.62 Å². The van der Waals surface area contributed by atoms with Crippen molar-refractivity contribution in [2.45, 2.75) is 18.7 Å². The number of thioether (sulfide) groups is 1. The lowest BCUT2D eigenvalue weighted by atomic mass is 10.1. The Bertz CT molecular complexity index is 878. The Hall–Kier alpha value is -1.99. The van der Waals surface area contributed by atoms with Crippen molar-refractivity contribution in [3.8, 4) is 0 Å². The summed E-state index contributed by atoms with van der Waals surface area (Å²) < 4.78 is 24.5. The van der Waals surface area contributed by atoms with Gasteiger partial charge >= 0.3 is 0 Å². The number of anilines is 1. The Morgan fingerprint density at radius 3 is 2.35 bits per heavy atom. The number of nitrogens with one attached hydrogen (secondary N) is 1. The summed E-state index contributed by atoms with van der Waals surface area (Å²) in [6, 6.07) is 13.3. The van der Waals surface area contributed by atoms with Crippen molar-refractivity contribution < 1.29 is 13.2 Å². The molecule has 1 amide bonds. The van der Waals surface area contributed by atoms with E-state index in [4.69, 9.17) is 0 Å². The predicted molar refractivity (Wildman–Crippen MR) is 109 cm³/mol. The minimum Gasteiger partial charge on any atom is -0.351 e. The molecule has 0 radical (unpaired) electrons. The molecule has 0 heterocycles. The molecule has 5 nitrogen and oxygen atoms in total. The largest absolute Gasteiger partial charge is 0.351 e. The molecule has 140 valence electrons. The van der Waals surface area contributed by atoms with Crippen LogP contribution in [0.15, 0.2) is 47.4 Å². The molecule has 0 saturated heterocycles. The number of sulfonamides is 1. The van der Waals surface area contributed by atoms with E-state index in [2.05, 4.69) is 36.5 Å². The maximum absolute atomic E-state index is 12.3. The minimum absolute atomic E-state index is 0.161. The quantitative estimate of drug-likeness (QED) is 0.580. The SMILES string of the molecule is Cc1ccc(SCCNC(=O)c2ccc(N(C)S(C)(=O)=O)c(C)c2)cc1. The van der Waals surface area contributed by atoms with Crippen LogP contribution in [0.25, 0.3) is 0 Å². The number of hydrogen-bond acceptors (Lipinski definition) is 4. The lowest BCUT2D eigenvalue weighted by Crippen LogP contribution is -2.27. The fraction of sp³-hybridized carbons (Fsp3) is 0.316.